The molecule has 1 aromatic carbocycles. The third-order valence-electron chi connectivity index (χ3n) is 3.88. The van der Waals surface area contributed by atoms with Crippen molar-refractivity contribution in [2.75, 3.05) is 19.8 Å². The van der Waals surface area contributed by atoms with Crippen LogP contribution < -0.4 is 5.32 Å². The van der Waals surface area contributed by atoms with Crippen LogP contribution in [0, 0.1) is 0 Å². The number of nitrogens with one attached hydrogen (secondary N) is 1. The molecule has 0 amide bonds. The smallest absolute Gasteiger partial charge is 0.0590 e. The van der Waals surface area contributed by atoms with Crippen molar-refractivity contribution >= 4 is 0 Å². The van der Waals surface area contributed by atoms with Crippen LogP contribution in [0.2, 0.25) is 0 Å². The van der Waals surface area contributed by atoms with Crippen LogP contribution in [0.3, 0.4) is 0 Å². The second-order valence-electron chi connectivity index (χ2n) is 5.11. The molecule has 0 radical (unpaired) electrons. The molecule has 0 unspecified atom stereocenters. The molecule has 0 aromatic heterocycles. The average molecular weight is 247 g/mol. The Morgan fingerprint density at radius 3 is 2.50 bits per heavy atom. The zero-order valence-electron chi connectivity index (χ0n) is 11.4. The largest absolute Gasteiger partial charge is 0.380 e. The van der Waals surface area contributed by atoms with E-state index >= 15 is 0 Å². The second kappa shape index (κ2) is 7.55. The van der Waals surface area contributed by atoms with Crippen molar-refractivity contribution in [2.45, 2.75) is 44.6 Å². The van der Waals surface area contributed by atoms with Crippen molar-refractivity contribution in [3.8, 4) is 0 Å². The molecule has 0 aliphatic heterocycles. The normalized spacial score (nSPS) is 24.1. The minimum Gasteiger partial charge on any atom is -0.380 e. The lowest BCUT2D eigenvalue weighted by Crippen LogP contribution is -2.34. The Morgan fingerprint density at radius 1 is 1.11 bits per heavy atom. The molecule has 1 aliphatic rings. The standard InChI is InChI=1S/C16H25NO/c1-2-18-13-12-17-16-10-8-15(9-11-16)14-6-4-3-5-7-14/h3-7,15-17H,2,8-13H2,1H3. The molecule has 0 spiro atoms. The van der Waals surface area contributed by atoms with Gasteiger partial charge in [0.1, 0.15) is 0 Å². The molecule has 0 atom stereocenters. The molecule has 18 heavy (non-hydrogen) atoms. The van der Waals surface area contributed by atoms with Gasteiger partial charge in [0.15, 0.2) is 0 Å². The summed E-state index contributed by atoms with van der Waals surface area (Å²) in [5.74, 6) is 0.774. The Bertz CT molecular complexity index is 317. The van der Waals surface area contributed by atoms with Crippen LogP contribution in [0.25, 0.3) is 0 Å². The summed E-state index contributed by atoms with van der Waals surface area (Å²) >= 11 is 0. The van der Waals surface area contributed by atoms with Crippen LogP contribution in [0.15, 0.2) is 30.3 Å². The molecule has 1 N–H and O–H groups in total. The van der Waals surface area contributed by atoms with Crippen molar-refractivity contribution in [2.24, 2.45) is 0 Å². The minimum atomic E-state index is 0.699. The van der Waals surface area contributed by atoms with Crippen molar-refractivity contribution in [1.29, 1.82) is 0 Å². The van der Waals surface area contributed by atoms with E-state index in [-0.39, 0.29) is 0 Å². The zero-order chi connectivity index (χ0) is 12.6. The molecule has 2 heteroatoms. The van der Waals surface area contributed by atoms with E-state index in [1.165, 1.54) is 31.2 Å². The zero-order valence-corrected chi connectivity index (χ0v) is 11.4. The maximum Gasteiger partial charge on any atom is 0.0590 e. The molecule has 0 heterocycles. The Hall–Kier alpha value is -0.860. The summed E-state index contributed by atoms with van der Waals surface area (Å²) < 4.78 is 5.35. The molecular weight excluding hydrogens is 222 g/mol. The van der Waals surface area contributed by atoms with Gasteiger partial charge < -0.3 is 10.1 Å². The highest BCUT2D eigenvalue weighted by Crippen LogP contribution is 2.32. The third kappa shape index (κ3) is 4.11. The SMILES string of the molecule is CCOCCNC1CCC(c2ccccc2)CC1. The molecule has 1 fully saturated rings. The van der Waals surface area contributed by atoms with Gasteiger partial charge >= 0.3 is 0 Å². The number of hydrogen-bond acceptors (Lipinski definition) is 2. The lowest BCUT2D eigenvalue weighted by Gasteiger charge is -2.29. The number of rotatable bonds is 6. The third-order valence-corrected chi connectivity index (χ3v) is 3.88. The first-order valence-electron chi connectivity index (χ1n) is 7.26. The lowest BCUT2D eigenvalue weighted by molar-refractivity contribution is 0.144. The summed E-state index contributed by atoms with van der Waals surface area (Å²) in [4.78, 5) is 0. The molecule has 2 rings (SSSR count). The van der Waals surface area contributed by atoms with Crippen LogP contribution in [-0.2, 0) is 4.74 Å². The Balaban J connectivity index is 1.68. The molecular formula is C16H25NO. The van der Waals surface area contributed by atoms with Gasteiger partial charge in [0.05, 0.1) is 6.61 Å². The van der Waals surface area contributed by atoms with E-state index in [1.54, 1.807) is 0 Å². The van der Waals surface area contributed by atoms with Crippen molar-refractivity contribution in [3.05, 3.63) is 35.9 Å². The summed E-state index contributed by atoms with van der Waals surface area (Å²) in [5, 5.41) is 3.60. The van der Waals surface area contributed by atoms with E-state index in [2.05, 4.69) is 35.6 Å². The van der Waals surface area contributed by atoms with Crippen LogP contribution in [-0.4, -0.2) is 25.8 Å². The van der Waals surface area contributed by atoms with Crippen molar-refractivity contribution in [1.82, 2.24) is 5.32 Å². The number of ether oxygens (including phenoxy) is 1. The van der Waals surface area contributed by atoms with Crippen LogP contribution in [0.5, 0.6) is 0 Å². The number of benzene rings is 1. The molecule has 1 saturated carbocycles. The predicted octanol–water partition coefficient (Wildman–Crippen LogP) is 3.34. The fourth-order valence-electron chi connectivity index (χ4n) is 2.84. The fourth-order valence-corrected chi connectivity index (χ4v) is 2.84. The Morgan fingerprint density at radius 2 is 1.83 bits per heavy atom. The predicted molar refractivity (Wildman–Crippen MR) is 75.9 cm³/mol. The maximum absolute atomic E-state index is 5.35. The highest BCUT2D eigenvalue weighted by Gasteiger charge is 2.21. The Kier molecular flexibility index (Phi) is 5.69. The number of hydrogen-bond donors (Lipinski definition) is 1. The molecule has 1 aliphatic carbocycles. The first kappa shape index (κ1) is 13.6. The minimum absolute atomic E-state index is 0.699. The summed E-state index contributed by atoms with van der Waals surface area (Å²) in [7, 11) is 0. The van der Waals surface area contributed by atoms with E-state index in [1.807, 2.05) is 6.92 Å². The van der Waals surface area contributed by atoms with Gasteiger partial charge in [-0.25, -0.2) is 0 Å². The summed E-state index contributed by atoms with van der Waals surface area (Å²) in [6, 6.07) is 11.7. The molecule has 2 nitrogen and oxygen atoms in total. The van der Waals surface area contributed by atoms with Crippen molar-refractivity contribution < 1.29 is 4.74 Å². The highest BCUT2D eigenvalue weighted by molar-refractivity contribution is 5.20. The molecule has 0 bridgehead atoms. The van der Waals surface area contributed by atoms with E-state index in [9.17, 15) is 0 Å². The quantitative estimate of drug-likeness (QED) is 0.778. The van der Waals surface area contributed by atoms with Gasteiger partial charge in [-0.3, -0.25) is 0 Å². The van der Waals surface area contributed by atoms with Gasteiger partial charge in [-0.2, -0.15) is 0 Å². The Labute approximate surface area is 111 Å². The second-order valence-corrected chi connectivity index (χ2v) is 5.11. The van der Waals surface area contributed by atoms with Crippen molar-refractivity contribution in [3.63, 3.8) is 0 Å². The van der Waals surface area contributed by atoms with Gasteiger partial charge in [-0.15, -0.1) is 0 Å². The monoisotopic (exact) mass is 247 g/mol. The van der Waals surface area contributed by atoms with E-state index in [4.69, 9.17) is 4.74 Å². The lowest BCUT2D eigenvalue weighted by atomic mass is 9.82. The fraction of sp³-hybridized carbons (Fsp3) is 0.625. The molecule has 1 aromatic rings. The van der Waals surface area contributed by atoms with Gasteiger partial charge in [0.25, 0.3) is 0 Å². The van der Waals surface area contributed by atoms with Gasteiger partial charge in [-0.05, 0) is 44.1 Å². The topological polar surface area (TPSA) is 21.3 Å². The summed E-state index contributed by atoms with van der Waals surface area (Å²) in [5.41, 5.74) is 1.52. The van der Waals surface area contributed by atoms with E-state index in [0.717, 1.165) is 25.7 Å². The summed E-state index contributed by atoms with van der Waals surface area (Å²) in [6.45, 7) is 4.71. The van der Waals surface area contributed by atoms with Crippen LogP contribution in [0.1, 0.15) is 44.1 Å². The molecule has 100 valence electrons. The summed E-state index contributed by atoms with van der Waals surface area (Å²) in [6.07, 6.45) is 5.23. The van der Waals surface area contributed by atoms with Gasteiger partial charge in [-0.1, -0.05) is 30.3 Å². The van der Waals surface area contributed by atoms with E-state index < -0.39 is 0 Å². The first-order chi connectivity index (χ1) is 8.90. The highest BCUT2D eigenvalue weighted by atomic mass is 16.5. The molecule has 0 saturated heterocycles. The van der Waals surface area contributed by atoms with Gasteiger partial charge in [0.2, 0.25) is 0 Å². The average Bonchev–Trinajstić information content (AvgIpc) is 2.45. The van der Waals surface area contributed by atoms with Gasteiger partial charge in [0, 0.05) is 19.2 Å². The maximum atomic E-state index is 5.35. The first-order valence-corrected chi connectivity index (χ1v) is 7.26. The van der Waals surface area contributed by atoms with E-state index in [0.29, 0.717) is 6.04 Å². The van der Waals surface area contributed by atoms with Crippen LogP contribution in [0.4, 0.5) is 0 Å². The van der Waals surface area contributed by atoms with Crippen LogP contribution >= 0.6 is 0 Å².